The van der Waals surface area contributed by atoms with Gasteiger partial charge in [0.2, 0.25) is 0 Å². The molecule has 1 unspecified atom stereocenters. The molecule has 1 fully saturated rings. The van der Waals surface area contributed by atoms with Crippen LogP contribution in [-0.4, -0.2) is 25.2 Å². The number of hydrogen-bond acceptors (Lipinski definition) is 5. The van der Waals surface area contributed by atoms with Crippen molar-refractivity contribution in [3.63, 3.8) is 0 Å². The second-order valence-electron chi connectivity index (χ2n) is 3.50. The van der Waals surface area contributed by atoms with Gasteiger partial charge in [0.05, 0.1) is 19.0 Å². The molecule has 0 radical (unpaired) electrons. The van der Waals surface area contributed by atoms with Crippen molar-refractivity contribution >= 4 is 34.3 Å². The second kappa shape index (κ2) is 7.64. The van der Waals surface area contributed by atoms with Crippen LogP contribution in [0.25, 0.3) is 0 Å². The summed E-state index contributed by atoms with van der Waals surface area (Å²) in [5.74, 6) is 0. The SMILES string of the molecule is CCOP(=O)(NC=NC1CCCC1)SSC. The maximum absolute atomic E-state index is 12.1. The van der Waals surface area contributed by atoms with E-state index < -0.39 is 6.72 Å². The first-order valence-corrected chi connectivity index (χ1v) is 10.3. The summed E-state index contributed by atoms with van der Waals surface area (Å²) < 4.78 is 17.3. The van der Waals surface area contributed by atoms with Gasteiger partial charge >= 0.3 is 6.72 Å². The minimum absolute atomic E-state index is 0.404. The summed E-state index contributed by atoms with van der Waals surface area (Å²) in [5, 5.41) is 2.81. The maximum Gasteiger partial charge on any atom is 0.362 e. The third-order valence-corrected chi connectivity index (χ3v) is 8.45. The molecular formula is C9H19N2O2PS2. The summed E-state index contributed by atoms with van der Waals surface area (Å²) in [7, 11) is 2.67. The first-order chi connectivity index (χ1) is 7.70. The number of nitrogens with zero attached hydrogens (tertiary/aromatic N) is 1. The quantitative estimate of drug-likeness (QED) is 0.334. The summed E-state index contributed by atoms with van der Waals surface area (Å²) in [4.78, 5) is 4.36. The number of rotatable bonds is 7. The van der Waals surface area contributed by atoms with Crippen LogP contribution >= 0.6 is 27.9 Å². The fourth-order valence-corrected chi connectivity index (χ4v) is 6.36. The van der Waals surface area contributed by atoms with Crippen molar-refractivity contribution in [2.75, 3.05) is 12.9 Å². The van der Waals surface area contributed by atoms with Gasteiger partial charge in [-0.15, -0.1) is 0 Å². The van der Waals surface area contributed by atoms with Gasteiger partial charge in [-0.3, -0.25) is 14.6 Å². The Labute approximate surface area is 105 Å². The molecule has 1 aliphatic carbocycles. The zero-order valence-corrected chi connectivity index (χ0v) is 12.2. The van der Waals surface area contributed by atoms with Gasteiger partial charge in [0.1, 0.15) is 0 Å². The standard InChI is InChI=1S/C9H19N2O2PS2/c1-3-13-14(12,16-15-2)11-8-10-9-6-4-5-7-9/h8-9H,3-7H2,1-2H3,(H,10,11,12). The molecule has 0 bridgehead atoms. The summed E-state index contributed by atoms with van der Waals surface area (Å²) >= 11 is 0. The molecule has 7 heteroatoms. The van der Waals surface area contributed by atoms with Crippen molar-refractivity contribution in [1.82, 2.24) is 5.09 Å². The van der Waals surface area contributed by atoms with Crippen LogP contribution in [0.2, 0.25) is 0 Å². The Bertz CT molecular complexity index is 260. The Morgan fingerprint density at radius 2 is 2.25 bits per heavy atom. The van der Waals surface area contributed by atoms with Gasteiger partial charge < -0.3 is 4.52 Å². The normalized spacial score (nSPS) is 21.4. The highest BCUT2D eigenvalue weighted by atomic mass is 33.3. The van der Waals surface area contributed by atoms with Crippen molar-refractivity contribution in [2.24, 2.45) is 4.99 Å². The van der Waals surface area contributed by atoms with Crippen molar-refractivity contribution in [3.8, 4) is 0 Å². The fraction of sp³-hybridized carbons (Fsp3) is 0.889. The third-order valence-electron chi connectivity index (χ3n) is 2.30. The van der Waals surface area contributed by atoms with Crippen LogP contribution in [0.1, 0.15) is 32.6 Å². The highest BCUT2D eigenvalue weighted by Gasteiger charge is 2.22. The molecule has 1 atom stereocenters. The maximum atomic E-state index is 12.1. The minimum Gasteiger partial charge on any atom is -0.306 e. The largest absolute Gasteiger partial charge is 0.362 e. The zero-order valence-electron chi connectivity index (χ0n) is 9.72. The van der Waals surface area contributed by atoms with Gasteiger partial charge in [-0.05, 0) is 26.0 Å². The lowest BCUT2D eigenvalue weighted by molar-refractivity contribution is 0.343. The van der Waals surface area contributed by atoms with Crippen molar-refractivity contribution < 1.29 is 9.09 Å². The molecular weight excluding hydrogens is 263 g/mol. The predicted molar refractivity (Wildman–Crippen MR) is 74.2 cm³/mol. The van der Waals surface area contributed by atoms with E-state index in [0.29, 0.717) is 12.6 Å². The molecule has 1 N–H and O–H groups in total. The smallest absolute Gasteiger partial charge is 0.306 e. The van der Waals surface area contributed by atoms with Gasteiger partial charge in [0, 0.05) is 10.4 Å². The van der Waals surface area contributed by atoms with Crippen LogP contribution in [0.5, 0.6) is 0 Å². The Kier molecular flexibility index (Phi) is 6.89. The lowest BCUT2D eigenvalue weighted by Crippen LogP contribution is -2.10. The molecule has 0 spiro atoms. The van der Waals surface area contributed by atoms with E-state index in [1.807, 2.05) is 13.2 Å². The monoisotopic (exact) mass is 282 g/mol. The molecule has 0 aromatic rings. The molecule has 16 heavy (non-hydrogen) atoms. The Morgan fingerprint density at radius 1 is 1.56 bits per heavy atom. The van der Waals surface area contributed by atoms with E-state index in [4.69, 9.17) is 4.52 Å². The molecule has 0 amide bonds. The lowest BCUT2D eigenvalue weighted by atomic mass is 10.3. The molecule has 1 rings (SSSR count). The van der Waals surface area contributed by atoms with Crippen LogP contribution in [0.3, 0.4) is 0 Å². The number of nitrogens with one attached hydrogen (secondary N) is 1. The summed E-state index contributed by atoms with van der Waals surface area (Å²) in [6.07, 6.45) is 8.25. The summed E-state index contributed by atoms with van der Waals surface area (Å²) in [5.41, 5.74) is 0. The van der Waals surface area contributed by atoms with Crippen LogP contribution in [0, 0.1) is 0 Å². The number of hydrogen-bond donors (Lipinski definition) is 1. The Morgan fingerprint density at radius 3 is 2.81 bits per heavy atom. The first kappa shape index (κ1) is 14.4. The van der Waals surface area contributed by atoms with E-state index >= 15 is 0 Å². The molecule has 0 aromatic carbocycles. The van der Waals surface area contributed by atoms with E-state index in [1.54, 1.807) is 6.34 Å². The van der Waals surface area contributed by atoms with Gasteiger partial charge in [-0.2, -0.15) is 0 Å². The molecule has 0 aliphatic heterocycles. The lowest BCUT2D eigenvalue weighted by Gasteiger charge is -2.14. The minimum atomic E-state index is -2.80. The summed E-state index contributed by atoms with van der Waals surface area (Å²) in [6.45, 7) is -0.520. The molecule has 0 aromatic heterocycles. The van der Waals surface area contributed by atoms with Crippen LogP contribution in [0.15, 0.2) is 4.99 Å². The van der Waals surface area contributed by atoms with Crippen LogP contribution < -0.4 is 5.09 Å². The van der Waals surface area contributed by atoms with Crippen molar-refractivity contribution in [3.05, 3.63) is 0 Å². The highest BCUT2D eigenvalue weighted by molar-refractivity contribution is 8.98. The van der Waals surface area contributed by atoms with E-state index in [1.165, 1.54) is 34.0 Å². The molecule has 0 heterocycles. The Hall–Kier alpha value is 0.360. The Balaban J connectivity index is 2.39. The van der Waals surface area contributed by atoms with E-state index in [9.17, 15) is 4.57 Å². The number of aliphatic imine (C=N–C) groups is 1. The molecule has 1 aliphatic rings. The van der Waals surface area contributed by atoms with Crippen LogP contribution in [0.4, 0.5) is 0 Å². The van der Waals surface area contributed by atoms with Gasteiger partial charge in [-0.25, -0.2) is 0 Å². The van der Waals surface area contributed by atoms with E-state index in [2.05, 4.69) is 10.1 Å². The van der Waals surface area contributed by atoms with Gasteiger partial charge in [0.15, 0.2) is 0 Å². The topological polar surface area (TPSA) is 50.7 Å². The van der Waals surface area contributed by atoms with Crippen molar-refractivity contribution in [2.45, 2.75) is 38.6 Å². The predicted octanol–water partition coefficient (Wildman–Crippen LogP) is 3.70. The molecule has 1 saturated carbocycles. The van der Waals surface area contributed by atoms with Crippen LogP contribution in [-0.2, 0) is 9.09 Å². The average Bonchev–Trinajstić information content (AvgIpc) is 2.71. The highest BCUT2D eigenvalue weighted by Crippen LogP contribution is 2.60. The van der Waals surface area contributed by atoms with Gasteiger partial charge in [0.25, 0.3) is 0 Å². The van der Waals surface area contributed by atoms with E-state index in [-0.39, 0.29) is 0 Å². The molecule has 94 valence electrons. The molecule has 0 saturated heterocycles. The molecule has 4 nitrogen and oxygen atoms in total. The first-order valence-electron chi connectivity index (χ1n) is 5.46. The van der Waals surface area contributed by atoms with Crippen molar-refractivity contribution in [1.29, 1.82) is 0 Å². The average molecular weight is 282 g/mol. The van der Waals surface area contributed by atoms with E-state index in [0.717, 1.165) is 12.8 Å². The summed E-state index contributed by atoms with van der Waals surface area (Å²) in [6, 6.07) is 0.404. The fourth-order valence-electron chi connectivity index (χ4n) is 1.61. The third kappa shape index (κ3) is 5.13. The zero-order chi connectivity index (χ0) is 11.9. The second-order valence-corrected chi connectivity index (χ2v) is 9.73. The van der Waals surface area contributed by atoms with Gasteiger partial charge in [-0.1, -0.05) is 23.6 Å².